The molecule has 0 aliphatic heterocycles. The molecule has 0 aromatic carbocycles. The van der Waals surface area contributed by atoms with E-state index in [0.717, 1.165) is 0 Å². The summed E-state index contributed by atoms with van der Waals surface area (Å²) in [5.74, 6) is 0. The van der Waals surface area contributed by atoms with Crippen molar-refractivity contribution in [1.29, 1.82) is 0 Å². The molecule has 0 bridgehead atoms. The number of nitrogens with zero attached hydrogens (tertiary/aromatic N) is 2. The molecule has 1 unspecified atom stereocenters. The lowest BCUT2D eigenvalue weighted by Gasteiger charge is -2.08. The number of aryl methyl sites for hydroxylation is 1. The molecule has 0 spiro atoms. The van der Waals surface area contributed by atoms with E-state index in [-0.39, 0.29) is 0 Å². The lowest BCUT2D eigenvalue weighted by atomic mass is 10.0. The van der Waals surface area contributed by atoms with Gasteiger partial charge in [0.25, 0.3) is 0 Å². The van der Waals surface area contributed by atoms with Gasteiger partial charge in [-0.1, -0.05) is 142 Å². The Morgan fingerprint density at radius 1 is 0.529 bits per heavy atom. The Bertz CT molecular complexity index is 521. The summed E-state index contributed by atoms with van der Waals surface area (Å²) in [5, 5.41) is 0. The second kappa shape index (κ2) is 23.9. The summed E-state index contributed by atoms with van der Waals surface area (Å²) < 4.78 is 4.85. The number of unbranched alkanes of at least 4 members (excludes halogenated alkanes) is 21. The second-order valence-electron chi connectivity index (χ2n) is 11.2. The van der Waals surface area contributed by atoms with Crippen LogP contribution in [0, 0.1) is 0 Å². The zero-order valence-corrected chi connectivity index (χ0v) is 23.9. The summed E-state index contributed by atoms with van der Waals surface area (Å²) in [5.41, 5.74) is 0. The van der Waals surface area contributed by atoms with Crippen LogP contribution in [0.3, 0.4) is 0 Å². The first-order valence-corrected chi connectivity index (χ1v) is 15.8. The van der Waals surface area contributed by atoms with Crippen LogP contribution in [0.15, 0.2) is 18.7 Å². The number of hydrogen-bond acceptors (Lipinski definition) is 0. The van der Waals surface area contributed by atoms with Crippen molar-refractivity contribution >= 4 is 0 Å². The minimum absolute atomic E-state index is 0.641. The third-order valence-corrected chi connectivity index (χ3v) is 7.72. The highest BCUT2D eigenvalue weighted by Gasteiger charge is 2.11. The van der Waals surface area contributed by atoms with E-state index >= 15 is 0 Å². The van der Waals surface area contributed by atoms with Crippen molar-refractivity contribution in [1.82, 2.24) is 4.57 Å². The van der Waals surface area contributed by atoms with Crippen molar-refractivity contribution in [2.24, 2.45) is 0 Å². The van der Waals surface area contributed by atoms with E-state index < -0.39 is 0 Å². The van der Waals surface area contributed by atoms with Gasteiger partial charge in [-0.2, -0.15) is 0 Å². The van der Waals surface area contributed by atoms with Crippen LogP contribution in [-0.4, -0.2) is 4.57 Å². The number of imidazole rings is 1. The van der Waals surface area contributed by atoms with Crippen LogP contribution in [0.25, 0.3) is 0 Å². The van der Waals surface area contributed by atoms with Crippen LogP contribution >= 0.6 is 0 Å². The fourth-order valence-corrected chi connectivity index (χ4v) is 5.19. The van der Waals surface area contributed by atoms with Crippen LogP contribution in [0.5, 0.6) is 0 Å². The second-order valence-corrected chi connectivity index (χ2v) is 11.2. The number of aromatic nitrogens is 2. The maximum absolute atomic E-state index is 2.44. The molecule has 1 aromatic rings. The zero-order valence-electron chi connectivity index (χ0n) is 23.9. The summed E-state index contributed by atoms with van der Waals surface area (Å²) in [6.45, 7) is 8.18. The van der Waals surface area contributed by atoms with Gasteiger partial charge in [0.1, 0.15) is 12.4 Å². The fraction of sp³-hybridized carbons (Fsp3) is 0.906. The van der Waals surface area contributed by atoms with Crippen LogP contribution < -0.4 is 4.57 Å². The summed E-state index contributed by atoms with van der Waals surface area (Å²) in [6.07, 6.45) is 41.2. The molecule has 34 heavy (non-hydrogen) atoms. The third-order valence-electron chi connectivity index (χ3n) is 7.72. The molecule has 1 rings (SSSR count). The van der Waals surface area contributed by atoms with Gasteiger partial charge in [0.15, 0.2) is 0 Å². The van der Waals surface area contributed by atoms with E-state index in [4.69, 9.17) is 0 Å². The first-order chi connectivity index (χ1) is 16.8. The van der Waals surface area contributed by atoms with E-state index in [1.54, 1.807) is 0 Å². The third kappa shape index (κ3) is 18.5. The highest BCUT2D eigenvalue weighted by atomic mass is 15.1. The number of rotatable bonds is 26. The molecule has 0 aliphatic carbocycles. The molecule has 0 aliphatic rings. The van der Waals surface area contributed by atoms with E-state index in [1.165, 1.54) is 161 Å². The van der Waals surface area contributed by atoms with Crippen LogP contribution in [-0.2, 0) is 6.54 Å². The van der Waals surface area contributed by atoms with Crippen molar-refractivity contribution in [2.45, 2.75) is 187 Å². The first-order valence-electron chi connectivity index (χ1n) is 15.8. The van der Waals surface area contributed by atoms with Gasteiger partial charge < -0.3 is 0 Å². The summed E-state index contributed by atoms with van der Waals surface area (Å²) in [7, 11) is 0. The van der Waals surface area contributed by atoms with E-state index in [9.17, 15) is 0 Å². The molecule has 0 saturated heterocycles. The minimum atomic E-state index is 0.641. The van der Waals surface area contributed by atoms with Gasteiger partial charge in [0.05, 0.1) is 12.6 Å². The van der Waals surface area contributed by atoms with Crippen molar-refractivity contribution in [2.75, 3.05) is 0 Å². The minimum Gasteiger partial charge on any atom is -0.237 e. The normalized spacial score (nSPS) is 12.4. The SMILES string of the molecule is CCCCCCCCCCCCCCCC[n+]1ccn(C(C)CCCCCCCCCCC)c1. The summed E-state index contributed by atoms with van der Waals surface area (Å²) in [4.78, 5) is 0. The lowest BCUT2D eigenvalue weighted by molar-refractivity contribution is -0.697. The predicted molar refractivity (Wildman–Crippen MR) is 151 cm³/mol. The highest BCUT2D eigenvalue weighted by Crippen LogP contribution is 2.17. The lowest BCUT2D eigenvalue weighted by Crippen LogP contribution is -2.31. The maximum atomic E-state index is 2.44. The van der Waals surface area contributed by atoms with E-state index in [1.807, 2.05) is 0 Å². The molecule has 0 fully saturated rings. The van der Waals surface area contributed by atoms with E-state index in [0.29, 0.717) is 6.04 Å². The maximum Gasteiger partial charge on any atom is 0.243 e. The van der Waals surface area contributed by atoms with Crippen LogP contribution in [0.1, 0.15) is 181 Å². The zero-order chi connectivity index (χ0) is 24.5. The topological polar surface area (TPSA) is 8.81 Å². The van der Waals surface area contributed by atoms with Gasteiger partial charge >= 0.3 is 0 Å². The molecule has 2 heteroatoms. The van der Waals surface area contributed by atoms with Gasteiger partial charge in [0.2, 0.25) is 6.33 Å². The van der Waals surface area contributed by atoms with Crippen molar-refractivity contribution in [3.05, 3.63) is 18.7 Å². The highest BCUT2D eigenvalue weighted by molar-refractivity contribution is 4.72. The molecular formula is C32H63N2+. The van der Waals surface area contributed by atoms with Gasteiger partial charge in [-0.3, -0.25) is 0 Å². The Morgan fingerprint density at radius 2 is 0.912 bits per heavy atom. The van der Waals surface area contributed by atoms with Crippen molar-refractivity contribution < 1.29 is 4.57 Å². The van der Waals surface area contributed by atoms with Gasteiger partial charge in [-0.25, -0.2) is 9.13 Å². The Kier molecular flexibility index (Phi) is 22.0. The molecule has 1 heterocycles. The largest absolute Gasteiger partial charge is 0.243 e. The van der Waals surface area contributed by atoms with Gasteiger partial charge in [0, 0.05) is 0 Å². The Morgan fingerprint density at radius 3 is 1.35 bits per heavy atom. The Labute approximate surface area is 215 Å². The fourth-order valence-electron chi connectivity index (χ4n) is 5.19. The van der Waals surface area contributed by atoms with Crippen LogP contribution in [0.2, 0.25) is 0 Å². The Balaban J connectivity index is 1.91. The number of hydrogen-bond donors (Lipinski definition) is 0. The smallest absolute Gasteiger partial charge is 0.237 e. The summed E-state index contributed by atoms with van der Waals surface area (Å²) >= 11 is 0. The molecule has 1 aromatic heterocycles. The van der Waals surface area contributed by atoms with Crippen molar-refractivity contribution in [3.8, 4) is 0 Å². The summed E-state index contributed by atoms with van der Waals surface area (Å²) in [6, 6.07) is 0.641. The molecule has 0 saturated carbocycles. The first kappa shape index (κ1) is 31.2. The quantitative estimate of drug-likeness (QED) is 0.0930. The molecule has 1 atom stereocenters. The van der Waals surface area contributed by atoms with E-state index in [2.05, 4.69) is 48.6 Å². The molecular weight excluding hydrogens is 412 g/mol. The molecule has 0 amide bonds. The average Bonchev–Trinajstić information content (AvgIpc) is 3.32. The average molecular weight is 476 g/mol. The molecule has 0 N–H and O–H groups in total. The van der Waals surface area contributed by atoms with Gasteiger partial charge in [-0.05, 0) is 32.6 Å². The van der Waals surface area contributed by atoms with Crippen LogP contribution in [0.4, 0.5) is 0 Å². The molecule has 200 valence electrons. The van der Waals surface area contributed by atoms with Crippen molar-refractivity contribution in [3.63, 3.8) is 0 Å². The Hall–Kier alpha value is -0.790. The standard InChI is InChI=1S/C32H63N2/c1-4-6-8-10-12-14-15-16-17-18-20-22-24-26-28-33-29-30-34(31-33)32(3)27-25-23-21-19-13-11-9-7-5-2/h29-32H,4-28H2,1-3H3/q+1. The molecule has 0 radical (unpaired) electrons. The molecule has 2 nitrogen and oxygen atoms in total. The monoisotopic (exact) mass is 475 g/mol. The van der Waals surface area contributed by atoms with Gasteiger partial charge in [-0.15, -0.1) is 0 Å². The predicted octanol–water partition coefficient (Wildman–Crippen LogP) is 10.7.